The molecule has 0 spiro atoms. The van der Waals surface area contributed by atoms with Crippen LogP contribution in [0.25, 0.3) is 0 Å². The van der Waals surface area contributed by atoms with Crippen molar-refractivity contribution in [1.82, 2.24) is 9.13 Å². The number of carbonyl (C=O) groups excluding carboxylic acids is 1. The second-order valence-electron chi connectivity index (χ2n) is 7.82. The maximum absolute atomic E-state index is 13.5. The summed E-state index contributed by atoms with van der Waals surface area (Å²) in [7, 11) is 2.59. The average molecular weight is 455 g/mol. The molecule has 0 saturated carbocycles. The Hall–Kier alpha value is -3.79. The minimum absolute atomic E-state index is 0.154. The van der Waals surface area contributed by atoms with Gasteiger partial charge in [0, 0.05) is 50.6 Å². The van der Waals surface area contributed by atoms with E-state index in [2.05, 4.69) is 4.90 Å². The first-order valence-corrected chi connectivity index (χ1v) is 10.4. The van der Waals surface area contributed by atoms with Crippen molar-refractivity contribution in [3.8, 4) is 5.88 Å². The number of carbonyl (C=O) groups is 1. The third kappa shape index (κ3) is 4.17. The van der Waals surface area contributed by atoms with E-state index in [9.17, 15) is 23.9 Å². The lowest BCUT2D eigenvalue weighted by Crippen LogP contribution is -2.50. The van der Waals surface area contributed by atoms with Gasteiger partial charge in [0.05, 0.1) is 13.2 Å². The number of ketones is 1. The van der Waals surface area contributed by atoms with Crippen molar-refractivity contribution in [3.63, 3.8) is 0 Å². The summed E-state index contributed by atoms with van der Waals surface area (Å²) in [5.41, 5.74) is -0.692. The molecule has 1 fully saturated rings. The van der Waals surface area contributed by atoms with Gasteiger partial charge in [-0.05, 0) is 24.3 Å². The second-order valence-corrected chi connectivity index (χ2v) is 7.82. The van der Waals surface area contributed by atoms with Crippen molar-refractivity contribution < 1.29 is 23.6 Å². The fraction of sp³-hybridized carbons (Fsp3) is 0.304. The molecule has 9 nitrogen and oxygen atoms in total. The quantitative estimate of drug-likeness (QED) is 0.445. The molecule has 2 aromatic heterocycles. The molecule has 0 radical (unpaired) electrons. The van der Waals surface area contributed by atoms with Crippen LogP contribution in [0, 0.1) is 5.82 Å². The zero-order valence-electron chi connectivity index (χ0n) is 18.3. The second kappa shape index (κ2) is 8.99. The number of nitrogens with zero attached hydrogens (tertiary/aromatic N) is 4. The van der Waals surface area contributed by atoms with Gasteiger partial charge >= 0.3 is 5.69 Å². The molecule has 1 unspecified atom stereocenters. The van der Waals surface area contributed by atoms with E-state index in [0.29, 0.717) is 13.2 Å². The molecule has 1 aromatic carbocycles. The molecule has 0 aliphatic carbocycles. The van der Waals surface area contributed by atoms with Crippen LogP contribution in [0.15, 0.2) is 58.4 Å². The summed E-state index contributed by atoms with van der Waals surface area (Å²) in [5, 5.41) is 10.7. The highest BCUT2D eigenvalue weighted by molar-refractivity contribution is 6.00. The number of aromatic hydroxyl groups is 1. The highest BCUT2D eigenvalue weighted by Gasteiger charge is 2.37. The van der Waals surface area contributed by atoms with Crippen LogP contribution in [0.1, 0.15) is 22.0 Å². The number of ether oxygens (including phenoxy) is 1. The van der Waals surface area contributed by atoms with Crippen molar-refractivity contribution in [2.24, 2.45) is 14.1 Å². The lowest BCUT2D eigenvalue weighted by atomic mass is 9.98. The molecular formula is C23H24FN4O5+. The molecule has 4 rings (SSSR count). The average Bonchev–Trinajstić information content (AvgIpc) is 2.85. The Kier molecular flexibility index (Phi) is 6.10. The molecule has 0 bridgehead atoms. The smallest absolute Gasteiger partial charge is 0.333 e. The predicted octanol–water partition coefficient (Wildman–Crippen LogP) is 0.525. The number of hydrogen-bond acceptors (Lipinski definition) is 6. The molecule has 1 saturated heterocycles. The fourth-order valence-corrected chi connectivity index (χ4v) is 3.92. The summed E-state index contributed by atoms with van der Waals surface area (Å²) in [6.07, 6.45) is 3.28. The van der Waals surface area contributed by atoms with Gasteiger partial charge in [0.2, 0.25) is 11.7 Å². The summed E-state index contributed by atoms with van der Waals surface area (Å²) in [5.74, 6) is -1.65. The first kappa shape index (κ1) is 22.4. The molecule has 3 aromatic rings. The lowest BCUT2D eigenvalue weighted by molar-refractivity contribution is -0.699. The van der Waals surface area contributed by atoms with Crippen LogP contribution >= 0.6 is 0 Å². The molecule has 1 atom stereocenters. The van der Waals surface area contributed by atoms with E-state index in [0.717, 1.165) is 40.0 Å². The van der Waals surface area contributed by atoms with Crippen LogP contribution in [-0.2, 0) is 18.8 Å². The number of halogens is 1. The number of benzene rings is 1. The van der Waals surface area contributed by atoms with Crippen molar-refractivity contribution in [2.45, 2.75) is 6.04 Å². The Morgan fingerprint density at radius 1 is 1.03 bits per heavy atom. The molecule has 1 aliphatic rings. The van der Waals surface area contributed by atoms with Gasteiger partial charge in [-0.2, -0.15) is 4.57 Å². The van der Waals surface area contributed by atoms with Gasteiger partial charge in [-0.25, -0.2) is 9.18 Å². The third-order valence-corrected chi connectivity index (χ3v) is 5.83. The summed E-state index contributed by atoms with van der Waals surface area (Å²) in [6, 6.07) is 7.26. The largest absolute Gasteiger partial charge is 0.494 e. The standard InChI is InChI=1S/C23H23FN4O5/c1-25-21(30)18(22(31)26(2)23(25)32)19(20(29)15-3-5-16(24)6-4-15)28-9-7-17(8-10-28)27-11-13-33-14-12-27/h3-10,19H,11-14H2,1-2H3/p+1. The summed E-state index contributed by atoms with van der Waals surface area (Å²) in [4.78, 5) is 40.9. The molecule has 10 heteroatoms. The van der Waals surface area contributed by atoms with Gasteiger partial charge in [0.15, 0.2) is 18.0 Å². The van der Waals surface area contributed by atoms with Crippen LogP contribution in [0.2, 0.25) is 0 Å². The van der Waals surface area contributed by atoms with Crippen LogP contribution < -0.4 is 20.7 Å². The van der Waals surface area contributed by atoms with Crippen LogP contribution in [-0.4, -0.2) is 46.3 Å². The molecule has 0 amide bonds. The highest BCUT2D eigenvalue weighted by Crippen LogP contribution is 2.23. The minimum atomic E-state index is -1.28. The zero-order valence-corrected chi connectivity index (χ0v) is 18.3. The van der Waals surface area contributed by atoms with E-state index in [1.54, 1.807) is 24.5 Å². The van der Waals surface area contributed by atoms with Gasteiger partial charge in [-0.3, -0.25) is 18.7 Å². The van der Waals surface area contributed by atoms with Crippen molar-refractivity contribution in [3.05, 3.63) is 86.6 Å². The summed E-state index contributed by atoms with van der Waals surface area (Å²) in [6.45, 7) is 2.68. The maximum Gasteiger partial charge on any atom is 0.333 e. The topological polar surface area (TPSA) is 97.7 Å². The van der Waals surface area contributed by atoms with E-state index < -0.39 is 34.8 Å². The number of hydrogen-bond donors (Lipinski definition) is 1. The lowest BCUT2D eigenvalue weighted by Gasteiger charge is -2.28. The fourth-order valence-electron chi connectivity index (χ4n) is 3.92. The zero-order chi connectivity index (χ0) is 23.7. The summed E-state index contributed by atoms with van der Waals surface area (Å²) < 4.78 is 22.1. The Balaban J connectivity index is 1.86. The van der Waals surface area contributed by atoms with Crippen LogP contribution in [0.5, 0.6) is 5.88 Å². The Labute approximate surface area is 188 Å². The van der Waals surface area contributed by atoms with E-state index in [-0.39, 0.29) is 11.1 Å². The van der Waals surface area contributed by atoms with Gasteiger partial charge in [-0.15, -0.1) is 0 Å². The van der Waals surface area contributed by atoms with Gasteiger partial charge in [-0.1, -0.05) is 0 Å². The number of Topliss-reactive ketones (excluding diaryl/α,β-unsaturated/α-hetero) is 1. The Bertz CT molecular complexity index is 1290. The minimum Gasteiger partial charge on any atom is -0.494 e. The van der Waals surface area contributed by atoms with Crippen molar-refractivity contribution in [1.29, 1.82) is 0 Å². The molecule has 33 heavy (non-hydrogen) atoms. The molecule has 1 N–H and O–H groups in total. The first-order valence-electron chi connectivity index (χ1n) is 10.4. The predicted molar refractivity (Wildman–Crippen MR) is 117 cm³/mol. The number of morpholine rings is 1. The van der Waals surface area contributed by atoms with E-state index in [4.69, 9.17) is 4.74 Å². The van der Waals surface area contributed by atoms with Gasteiger partial charge in [0.25, 0.3) is 11.6 Å². The molecular weight excluding hydrogens is 431 g/mol. The Morgan fingerprint density at radius 3 is 2.24 bits per heavy atom. The van der Waals surface area contributed by atoms with Crippen LogP contribution in [0.3, 0.4) is 0 Å². The van der Waals surface area contributed by atoms with Crippen LogP contribution in [0.4, 0.5) is 10.1 Å². The molecule has 172 valence electrons. The number of rotatable bonds is 5. The normalized spacial score (nSPS) is 14.8. The van der Waals surface area contributed by atoms with Crippen molar-refractivity contribution >= 4 is 11.5 Å². The van der Waals surface area contributed by atoms with Gasteiger partial charge < -0.3 is 14.7 Å². The third-order valence-electron chi connectivity index (χ3n) is 5.83. The molecule has 3 heterocycles. The molecule has 1 aliphatic heterocycles. The maximum atomic E-state index is 13.5. The van der Waals surface area contributed by atoms with Crippen molar-refractivity contribution in [2.75, 3.05) is 31.2 Å². The van der Waals surface area contributed by atoms with E-state index in [1.807, 2.05) is 0 Å². The SMILES string of the molecule is Cn1c(O)c(C(C(=O)c2ccc(F)cc2)[n+]2ccc(N3CCOCC3)cc2)c(=O)n(C)c1=O. The number of aromatic nitrogens is 3. The van der Waals surface area contributed by atoms with E-state index in [1.165, 1.54) is 30.8 Å². The monoisotopic (exact) mass is 455 g/mol. The highest BCUT2D eigenvalue weighted by atomic mass is 19.1. The number of anilines is 1. The number of pyridine rings is 1. The van der Waals surface area contributed by atoms with Gasteiger partial charge in [0.1, 0.15) is 5.82 Å². The summed E-state index contributed by atoms with van der Waals surface area (Å²) >= 11 is 0. The first-order chi connectivity index (χ1) is 15.8. The van der Waals surface area contributed by atoms with E-state index >= 15 is 0 Å². The Morgan fingerprint density at radius 2 is 1.64 bits per heavy atom.